The predicted octanol–water partition coefficient (Wildman–Crippen LogP) is 1.24. The Kier molecular flexibility index (Phi) is 4.56. The zero-order valence-electron chi connectivity index (χ0n) is 10.4. The van der Waals surface area contributed by atoms with Crippen molar-refractivity contribution in [2.75, 3.05) is 6.61 Å². The van der Waals surface area contributed by atoms with Crippen molar-refractivity contribution < 1.29 is 4.74 Å². The number of halogens is 1. The highest BCUT2D eigenvalue weighted by Gasteiger charge is 2.10. The smallest absolute Gasteiger partial charge is 0.343 e. The second-order valence-electron chi connectivity index (χ2n) is 3.55. The lowest BCUT2D eigenvalue weighted by Crippen LogP contribution is -2.12. The summed E-state index contributed by atoms with van der Waals surface area (Å²) in [7, 11) is 1.62. The first kappa shape index (κ1) is 14.0. The Labute approximate surface area is 118 Å². The van der Waals surface area contributed by atoms with Crippen LogP contribution in [0.15, 0.2) is 21.0 Å². The first-order chi connectivity index (χ1) is 9.10. The van der Waals surface area contributed by atoms with Crippen LogP contribution >= 0.6 is 23.4 Å². The van der Waals surface area contributed by atoms with Gasteiger partial charge in [-0.25, -0.2) is 19.9 Å². The number of nitrogens with one attached hydrogen (secondary N) is 1. The summed E-state index contributed by atoms with van der Waals surface area (Å²) in [6.45, 7) is 2.76. The summed E-state index contributed by atoms with van der Waals surface area (Å²) in [5.74, 6) is 0.498. The van der Waals surface area contributed by atoms with E-state index in [1.807, 2.05) is 6.92 Å². The standard InChI is InChI=1S/C10H12ClN5O2S/c1-3-18-5-7-12-6(11)4-8(13-7)19-10-15-14-9(17)16(10)2/h4H,3,5H2,1-2H3,(H,14,17). The molecule has 2 heterocycles. The fourth-order valence-corrected chi connectivity index (χ4v) is 2.35. The molecule has 0 amide bonds. The minimum absolute atomic E-state index is 0.280. The maximum Gasteiger partial charge on any atom is 0.343 e. The second-order valence-corrected chi connectivity index (χ2v) is 4.93. The number of aromatic nitrogens is 5. The average molecular weight is 302 g/mol. The van der Waals surface area contributed by atoms with E-state index >= 15 is 0 Å². The summed E-state index contributed by atoms with van der Waals surface area (Å²) >= 11 is 7.15. The molecule has 1 N–H and O–H groups in total. The third-order valence-electron chi connectivity index (χ3n) is 2.19. The highest BCUT2D eigenvalue weighted by atomic mass is 35.5. The summed E-state index contributed by atoms with van der Waals surface area (Å²) in [5, 5.41) is 7.68. The number of rotatable bonds is 5. The zero-order chi connectivity index (χ0) is 13.8. The quantitative estimate of drug-likeness (QED) is 0.836. The molecule has 19 heavy (non-hydrogen) atoms. The molecule has 0 spiro atoms. The normalized spacial score (nSPS) is 10.9. The topological polar surface area (TPSA) is 85.7 Å². The van der Waals surface area contributed by atoms with Gasteiger partial charge in [0.1, 0.15) is 16.8 Å². The number of hydrogen-bond acceptors (Lipinski definition) is 6. The van der Waals surface area contributed by atoms with Gasteiger partial charge in [0.25, 0.3) is 0 Å². The molecule has 9 heteroatoms. The van der Waals surface area contributed by atoms with Gasteiger partial charge in [-0.05, 0) is 18.7 Å². The van der Waals surface area contributed by atoms with Crippen LogP contribution in [0.4, 0.5) is 0 Å². The molecule has 0 bridgehead atoms. The Morgan fingerprint density at radius 1 is 1.53 bits per heavy atom. The van der Waals surface area contributed by atoms with Gasteiger partial charge in [-0.2, -0.15) is 0 Å². The average Bonchev–Trinajstić information content (AvgIpc) is 2.68. The summed E-state index contributed by atoms with van der Waals surface area (Å²) in [5.41, 5.74) is -0.280. The molecule has 0 aliphatic carbocycles. The van der Waals surface area contributed by atoms with Crippen LogP contribution in [0, 0.1) is 0 Å². The summed E-state index contributed by atoms with van der Waals surface area (Å²) < 4.78 is 6.63. The minimum atomic E-state index is -0.280. The fraction of sp³-hybridized carbons (Fsp3) is 0.400. The van der Waals surface area contributed by atoms with Crippen molar-refractivity contribution in [2.45, 2.75) is 23.7 Å². The molecule has 7 nitrogen and oxygen atoms in total. The predicted molar refractivity (Wildman–Crippen MR) is 70.3 cm³/mol. The Morgan fingerprint density at radius 2 is 2.32 bits per heavy atom. The van der Waals surface area contributed by atoms with Crippen molar-refractivity contribution in [3.8, 4) is 0 Å². The highest BCUT2D eigenvalue weighted by molar-refractivity contribution is 7.99. The van der Waals surface area contributed by atoms with Crippen molar-refractivity contribution in [1.29, 1.82) is 0 Å². The van der Waals surface area contributed by atoms with Crippen LogP contribution in [-0.4, -0.2) is 31.3 Å². The van der Waals surface area contributed by atoms with Gasteiger partial charge in [0.2, 0.25) is 0 Å². The van der Waals surface area contributed by atoms with Crippen LogP contribution in [0.1, 0.15) is 12.7 Å². The Balaban J connectivity index is 2.22. The van der Waals surface area contributed by atoms with E-state index in [2.05, 4.69) is 20.2 Å². The van der Waals surface area contributed by atoms with E-state index in [1.54, 1.807) is 13.1 Å². The zero-order valence-corrected chi connectivity index (χ0v) is 12.0. The first-order valence-corrected chi connectivity index (χ1v) is 6.70. The molecule has 0 atom stereocenters. The molecule has 2 aromatic rings. The largest absolute Gasteiger partial charge is 0.374 e. The van der Waals surface area contributed by atoms with Gasteiger partial charge >= 0.3 is 5.69 Å². The van der Waals surface area contributed by atoms with Crippen LogP contribution in [0.25, 0.3) is 0 Å². The van der Waals surface area contributed by atoms with Crippen molar-refractivity contribution in [3.05, 3.63) is 27.5 Å². The lowest BCUT2D eigenvalue weighted by atomic mass is 10.6. The van der Waals surface area contributed by atoms with Gasteiger partial charge < -0.3 is 4.74 Å². The molecule has 2 rings (SSSR count). The molecular weight excluding hydrogens is 290 g/mol. The molecule has 0 unspecified atom stereocenters. The molecule has 0 aliphatic rings. The van der Waals surface area contributed by atoms with Gasteiger partial charge in [0.15, 0.2) is 11.0 Å². The Morgan fingerprint density at radius 3 is 2.95 bits per heavy atom. The molecule has 0 radical (unpaired) electrons. The summed E-state index contributed by atoms with van der Waals surface area (Å²) in [4.78, 5) is 19.6. The van der Waals surface area contributed by atoms with E-state index in [0.717, 1.165) is 0 Å². The van der Waals surface area contributed by atoms with Gasteiger partial charge in [-0.1, -0.05) is 11.6 Å². The van der Waals surface area contributed by atoms with Crippen molar-refractivity contribution in [1.82, 2.24) is 24.7 Å². The SMILES string of the molecule is CCOCc1nc(Cl)cc(Sc2n[nH]c(=O)n2C)n1. The number of hydrogen-bond donors (Lipinski definition) is 1. The van der Waals surface area contributed by atoms with Crippen LogP contribution < -0.4 is 5.69 Å². The maximum atomic E-state index is 11.3. The third kappa shape index (κ3) is 3.55. The van der Waals surface area contributed by atoms with E-state index in [4.69, 9.17) is 16.3 Å². The first-order valence-electron chi connectivity index (χ1n) is 5.50. The van der Waals surface area contributed by atoms with Gasteiger partial charge in [0.05, 0.1) is 0 Å². The van der Waals surface area contributed by atoms with Crippen LogP contribution in [0.5, 0.6) is 0 Å². The van der Waals surface area contributed by atoms with Crippen LogP contribution in [0.2, 0.25) is 5.15 Å². The van der Waals surface area contributed by atoms with Gasteiger partial charge in [0, 0.05) is 19.7 Å². The molecule has 0 aliphatic heterocycles. The molecule has 0 saturated heterocycles. The van der Waals surface area contributed by atoms with Crippen molar-refractivity contribution >= 4 is 23.4 Å². The monoisotopic (exact) mass is 301 g/mol. The molecule has 2 aromatic heterocycles. The van der Waals surface area contributed by atoms with Crippen LogP contribution in [0.3, 0.4) is 0 Å². The van der Waals surface area contributed by atoms with Crippen LogP contribution in [-0.2, 0) is 18.4 Å². The van der Waals surface area contributed by atoms with Gasteiger partial charge in [-0.15, -0.1) is 5.10 Å². The van der Waals surface area contributed by atoms with E-state index in [1.165, 1.54) is 16.3 Å². The van der Waals surface area contributed by atoms with E-state index < -0.39 is 0 Å². The highest BCUT2D eigenvalue weighted by Crippen LogP contribution is 2.24. The lowest BCUT2D eigenvalue weighted by molar-refractivity contribution is 0.128. The molecule has 0 aromatic carbocycles. The Bertz CT molecular complexity index is 627. The summed E-state index contributed by atoms with van der Waals surface area (Å²) in [6, 6.07) is 1.61. The molecule has 0 saturated carbocycles. The van der Waals surface area contributed by atoms with Gasteiger partial charge in [-0.3, -0.25) is 4.57 Å². The van der Waals surface area contributed by atoms with E-state index in [-0.39, 0.29) is 5.69 Å². The third-order valence-corrected chi connectivity index (χ3v) is 3.35. The molecular formula is C10H12ClN5O2S. The van der Waals surface area contributed by atoms with Crippen molar-refractivity contribution in [2.24, 2.45) is 7.05 Å². The van der Waals surface area contributed by atoms with E-state index in [9.17, 15) is 4.79 Å². The van der Waals surface area contributed by atoms with Crippen molar-refractivity contribution in [3.63, 3.8) is 0 Å². The number of aromatic amines is 1. The van der Waals surface area contributed by atoms with E-state index in [0.29, 0.717) is 34.4 Å². The maximum absolute atomic E-state index is 11.3. The molecule has 102 valence electrons. The Hall–Kier alpha value is -1.38. The lowest BCUT2D eigenvalue weighted by Gasteiger charge is -2.04. The summed E-state index contributed by atoms with van der Waals surface area (Å²) in [6.07, 6.45) is 0. The number of ether oxygens (including phenoxy) is 1. The molecule has 0 fully saturated rings. The second kappa shape index (κ2) is 6.18. The minimum Gasteiger partial charge on any atom is -0.374 e. The number of H-pyrrole nitrogens is 1. The fourth-order valence-electron chi connectivity index (χ4n) is 1.27. The number of nitrogens with zero attached hydrogens (tertiary/aromatic N) is 4.